The van der Waals surface area contributed by atoms with E-state index in [2.05, 4.69) is 4.98 Å². The predicted octanol–water partition coefficient (Wildman–Crippen LogP) is 3.46. The van der Waals surface area contributed by atoms with E-state index in [-0.39, 0.29) is 28.4 Å². The number of benzene rings is 1. The van der Waals surface area contributed by atoms with Crippen LogP contribution in [0, 0.1) is 10.1 Å². The maximum Gasteiger partial charge on any atom is 0.313 e. The van der Waals surface area contributed by atoms with E-state index in [0.717, 1.165) is 5.56 Å². The Kier molecular flexibility index (Phi) is 4.16. The molecule has 2 rings (SSSR count). The Morgan fingerprint density at radius 1 is 1.40 bits per heavy atom. The molecule has 0 bridgehead atoms. The number of nitro benzene ring substituents is 1. The summed E-state index contributed by atoms with van der Waals surface area (Å²) >= 11 is 5.74. The third kappa shape index (κ3) is 3.23. The first-order valence-corrected chi connectivity index (χ1v) is 6.18. The van der Waals surface area contributed by atoms with Crippen molar-refractivity contribution in [2.75, 3.05) is 0 Å². The second-order valence-corrected chi connectivity index (χ2v) is 4.62. The highest BCUT2D eigenvalue weighted by Gasteiger charge is 2.17. The highest BCUT2D eigenvalue weighted by atomic mass is 35.5. The van der Waals surface area contributed by atoms with Gasteiger partial charge in [0.05, 0.1) is 4.92 Å². The lowest BCUT2D eigenvalue weighted by atomic mass is 10.1. The van der Waals surface area contributed by atoms with Crippen LogP contribution in [0.4, 0.5) is 5.69 Å². The Hall–Kier alpha value is -2.18. The quantitative estimate of drug-likeness (QED) is 0.688. The molecular formula is C13H12ClN3O3. The van der Waals surface area contributed by atoms with Crippen LogP contribution >= 0.6 is 11.6 Å². The fourth-order valence-electron chi connectivity index (χ4n) is 1.60. The van der Waals surface area contributed by atoms with Gasteiger partial charge in [0, 0.05) is 29.4 Å². The molecule has 0 fully saturated rings. The monoisotopic (exact) mass is 293 g/mol. The molecule has 1 aromatic carbocycles. The fraction of sp³-hybridized carbons (Fsp3) is 0.154. The van der Waals surface area contributed by atoms with Gasteiger partial charge in [0.1, 0.15) is 0 Å². The van der Waals surface area contributed by atoms with Crippen LogP contribution in [-0.2, 0) is 0 Å². The summed E-state index contributed by atoms with van der Waals surface area (Å²) in [7, 11) is 0. The highest BCUT2D eigenvalue weighted by molar-refractivity contribution is 6.30. The molecule has 1 heterocycles. The van der Waals surface area contributed by atoms with Crippen molar-refractivity contribution in [2.45, 2.75) is 13.0 Å². The Balaban J connectivity index is 2.35. The molecule has 1 atom stereocenters. The molecule has 20 heavy (non-hydrogen) atoms. The number of pyridine rings is 1. The van der Waals surface area contributed by atoms with Crippen molar-refractivity contribution in [3.05, 3.63) is 57.2 Å². The van der Waals surface area contributed by atoms with Gasteiger partial charge in [0.15, 0.2) is 0 Å². The third-order valence-corrected chi connectivity index (χ3v) is 2.85. The Morgan fingerprint density at radius 3 is 2.80 bits per heavy atom. The largest absolute Gasteiger partial charge is 0.432 e. The minimum Gasteiger partial charge on any atom is -0.432 e. The van der Waals surface area contributed by atoms with Crippen molar-refractivity contribution in [3.63, 3.8) is 0 Å². The number of halogens is 1. The molecule has 0 aliphatic rings. The fourth-order valence-corrected chi connectivity index (χ4v) is 1.76. The summed E-state index contributed by atoms with van der Waals surface area (Å²) in [6.45, 7) is 1.82. The van der Waals surface area contributed by atoms with Crippen molar-refractivity contribution in [1.29, 1.82) is 0 Å². The molecular weight excluding hydrogens is 282 g/mol. The summed E-state index contributed by atoms with van der Waals surface area (Å²) in [6.07, 6.45) is 1.54. The molecule has 0 amide bonds. The number of aromatic nitrogens is 1. The minimum atomic E-state index is -0.559. The third-order valence-electron chi connectivity index (χ3n) is 2.62. The van der Waals surface area contributed by atoms with Gasteiger partial charge in [0.2, 0.25) is 11.6 Å². The average molecular weight is 294 g/mol. The molecule has 0 saturated carbocycles. The average Bonchev–Trinajstić information content (AvgIpc) is 2.41. The number of nitro groups is 1. The minimum absolute atomic E-state index is 0.0775. The lowest BCUT2D eigenvalue weighted by molar-refractivity contribution is -0.385. The van der Waals surface area contributed by atoms with Gasteiger partial charge in [-0.25, -0.2) is 4.98 Å². The number of nitrogens with two attached hydrogens (primary N) is 1. The van der Waals surface area contributed by atoms with Gasteiger partial charge in [-0.2, -0.15) is 0 Å². The van der Waals surface area contributed by atoms with E-state index in [0.29, 0.717) is 0 Å². The molecule has 0 radical (unpaired) electrons. The Labute approximate surface area is 120 Å². The molecule has 1 unspecified atom stereocenters. The summed E-state index contributed by atoms with van der Waals surface area (Å²) in [5.41, 5.74) is 6.37. The zero-order valence-electron chi connectivity index (χ0n) is 10.6. The standard InChI is InChI=1S/C13H12ClN3O3/c1-8(15)9-4-5-16-13(6-9)20-12-3-2-10(14)7-11(12)17(18)19/h2-8H,15H2,1H3. The molecule has 0 aliphatic heterocycles. The maximum atomic E-state index is 11.0. The molecule has 6 nitrogen and oxygen atoms in total. The van der Waals surface area contributed by atoms with Crippen molar-refractivity contribution in [3.8, 4) is 11.6 Å². The topological polar surface area (TPSA) is 91.3 Å². The Bertz CT molecular complexity index is 647. The molecule has 0 aliphatic carbocycles. The van der Waals surface area contributed by atoms with Crippen molar-refractivity contribution in [1.82, 2.24) is 4.98 Å². The zero-order chi connectivity index (χ0) is 14.7. The normalized spacial score (nSPS) is 11.9. The second-order valence-electron chi connectivity index (χ2n) is 4.19. The number of hydrogen-bond donors (Lipinski definition) is 1. The van der Waals surface area contributed by atoms with Crippen LogP contribution in [0.1, 0.15) is 18.5 Å². The number of nitrogens with zero attached hydrogens (tertiary/aromatic N) is 2. The molecule has 2 aromatic rings. The summed E-state index contributed by atoms with van der Waals surface area (Å²) < 4.78 is 5.45. The van der Waals surface area contributed by atoms with Crippen LogP contribution < -0.4 is 10.5 Å². The van der Waals surface area contributed by atoms with E-state index in [1.165, 1.54) is 24.4 Å². The molecule has 0 spiro atoms. The van der Waals surface area contributed by atoms with Crippen LogP contribution in [0.2, 0.25) is 5.02 Å². The van der Waals surface area contributed by atoms with Crippen LogP contribution in [-0.4, -0.2) is 9.91 Å². The van der Waals surface area contributed by atoms with Crippen LogP contribution in [0.15, 0.2) is 36.5 Å². The smallest absolute Gasteiger partial charge is 0.313 e. The summed E-state index contributed by atoms with van der Waals surface area (Å²) in [5, 5.41) is 11.2. The summed E-state index contributed by atoms with van der Waals surface area (Å²) in [6, 6.07) is 7.39. The molecule has 2 N–H and O–H groups in total. The van der Waals surface area contributed by atoms with Gasteiger partial charge in [-0.05, 0) is 30.7 Å². The van der Waals surface area contributed by atoms with Crippen molar-refractivity contribution >= 4 is 17.3 Å². The lowest BCUT2D eigenvalue weighted by Gasteiger charge is -2.09. The summed E-state index contributed by atoms with van der Waals surface area (Å²) in [5.74, 6) is 0.318. The maximum absolute atomic E-state index is 11.0. The molecule has 1 aromatic heterocycles. The first-order valence-electron chi connectivity index (χ1n) is 5.80. The van der Waals surface area contributed by atoms with E-state index in [9.17, 15) is 10.1 Å². The predicted molar refractivity (Wildman–Crippen MR) is 75.0 cm³/mol. The van der Waals surface area contributed by atoms with Gasteiger partial charge in [-0.15, -0.1) is 0 Å². The zero-order valence-corrected chi connectivity index (χ0v) is 11.4. The molecule has 0 saturated heterocycles. The highest BCUT2D eigenvalue weighted by Crippen LogP contribution is 2.33. The Morgan fingerprint density at radius 2 is 2.15 bits per heavy atom. The van der Waals surface area contributed by atoms with Crippen molar-refractivity contribution < 1.29 is 9.66 Å². The SMILES string of the molecule is CC(N)c1ccnc(Oc2ccc(Cl)cc2[N+](=O)[O-])c1. The van der Waals surface area contributed by atoms with E-state index in [1.807, 2.05) is 6.92 Å². The van der Waals surface area contributed by atoms with E-state index < -0.39 is 4.92 Å². The van der Waals surface area contributed by atoms with Crippen LogP contribution in [0.3, 0.4) is 0 Å². The molecule has 7 heteroatoms. The van der Waals surface area contributed by atoms with Gasteiger partial charge in [0.25, 0.3) is 0 Å². The van der Waals surface area contributed by atoms with Gasteiger partial charge in [-0.3, -0.25) is 10.1 Å². The van der Waals surface area contributed by atoms with Gasteiger partial charge < -0.3 is 10.5 Å². The van der Waals surface area contributed by atoms with Crippen LogP contribution in [0.5, 0.6) is 11.6 Å². The van der Waals surface area contributed by atoms with E-state index in [4.69, 9.17) is 22.1 Å². The lowest BCUT2D eigenvalue weighted by Crippen LogP contribution is -2.05. The van der Waals surface area contributed by atoms with Gasteiger partial charge >= 0.3 is 5.69 Å². The molecule has 104 valence electrons. The summed E-state index contributed by atoms with van der Waals surface area (Å²) in [4.78, 5) is 14.4. The van der Waals surface area contributed by atoms with E-state index in [1.54, 1.807) is 12.1 Å². The van der Waals surface area contributed by atoms with Crippen molar-refractivity contribution in [2.24, 2.45) is 5.73 Å². The second kappa shape index (κ2) is 5.85. The van der Waals surface area contributed by atoms with Gasteiger partial charge in [-0.1, -0.05) is 11.6 Å². The number of rotatable bonds is 4. The number of ether oxygens (including phenoxy) is 1. The first-order chi connectivity index (χ1) is 9.47. The van der Waals surface area contributed by atoms with E-state index >= 15 is 0 Å². The van der Waals surface area contributed by atoms with Crippen LogP contribution in [0.25, 0.3) is 0 Å². The number of hydrogen-bond acceptors (Lipinski definition) is 5. The first kappa shape index (κ1) is 14.2.